The Morgan fingerprint density at radius 1 is 1.09 bits per heavy atom. The molecule has 1 saturated heterocycles. The molecular weight excluding hydrogens is 436 g/mol. The second-order valence-electron chi connectivity index (χ2n) is 9.87. The van der Waals surface area contributed by atoms with E-state index in [2.05, 4.69) is 57.6 Å². The van der Waals surface area contributed by atoms with Crippen LogP contribution in [-0.4, -0.2) is 52.7 Å². The lowest BCUT2D eigenvalue weighted by atomic mass is 9.97. The molecule has 1 amide bonds. The van der Waals surface area contributed by atoms with E-state index in [1.165, 1.54) is 10.8 Å². The highest BCUT2D eigenvalue weighted by atomic mass is 16.2. The third-order valence-electron chi connectivity index (χ3n) is 7.21. The maximum atomic E-state index is 13.4. The van der Waals surface area contributed by atoms with Gasteiger partial charge >= 0.3 is 0 Å². The minimum Gasteiger partial charge on any atom is -0.353 e. The molecule has 1 fully saturated rings. The summed E-state index contributed by atoms with van der Waals surface area (Å²) in [5.74, 6) is 0.783. The summed E-state index contributed by atoms with van der Waals surface area (Å²) in [5, 5.41) is 5.68. The highest BCUT2D eigenvalue weighted by molar-refractivity contribution is 5.87. The van der Waals surface area contributed by atoms with Crippen LogP contribution in [-0.2, 0) is 9.59 Å². The minimum absolute atomic E-state index is 0.0589. The molecule has 186 valence electrons. The van der Waals surface area contributed by atoms with Crippen molar-refractivity contribution in [3.63, 3.8) is 0 Å². The fourth-order valence-electron chi connectivity index (χ4n) is 4.89. The van der Waals surface area contributed by atoms with Gasteiger partial charge in [-0.25, -0.2) is 4.98 Å². The monoisotopic (exact) mass is 474 g/mol. The topological polar surface area (TPSA) is 78.1 Å². The van der Waals surface area contributed by atoms with Crippen molar-refractivity contribution >= 4 is 22.5 Å². The standard InChI is InChI=1S/C29H38N4O2/c1-3-25(34)11-5-4-6-12-26(29(35)31-24-15-17-33(2)18-16-24)28-30-20-27(32-28)23-14-13-21-9-7-8-10-22(21)19-23/h7-10,13-14,19-20,24,26H,3-6,11-12,15-18H2,1-2H3,(H,30,32)(H,31,35). The van der Waals surface area contributed by atoms with Gasteiger partial charge in [-0.2, -0.15) is 0 Å². The number of benzene rings is 2. The number of imidazole rings is 1. The number of piperidine rings is 1. The first-order chi connectivity index (χ1) is 17.0. The fourth-order valence-corrected chi connectivity index (χ4v) is 4.89. The van der Waals surface area contributed by atoms with Gasteiger partial charge in [0.25, 0.3) is 0 Å². The molecule has 0 radical (unpaired) electrons. The first-order valence-corrected chi connectivity index (χ1v) is 13.1. The van der Waals surface area contributed by atoms with Crippen molar-refractivity contribution in [1.82, 2.24) is 20.2 Å². The molecule has 6 heteroatoms. The number of unbranched alkanes of at least 4 members (excludes halogenated alkanes) is 2. The second kappa shape index (κ2) is 12.1. The van der Waals surface area contributed by atoms with Gasteiger partial charge < -0.3 is 15.2 Å². The summed E-state index contributed by atoms with van der Waals surface area (Å²) in [5.41, 5.74) is 1.99. The van der Waals surface area contributed by atoms with Crippen LogP contribution in [0, 0.1) is 0 Å². The number of aromatic amines is 1. The predicted octanol–water partition coefficient (Wildman–Crippen LogP) is 5.45. The number of Topliss-reactive ketones (excluding diaryl/α,β-unsaturated/α-hetero) is 1. The second-order valence-corrected chi connectivity index (χ2v) is 9.87. The van der Waals surface area contributed by atoms with Crippen LogP contribution in [0.5, 0.6) is 0 Å². The van der Waals surface area contributed by atoms with Crippen LogP contribution in [0.3, 0.4) is 0 Å². The molecule has 0 spiro atoms. The Balaban J connectivity index is 1.46. The van der Waals surface area contributed by atoms with E-state index in [0.29, 0.717) is 18.6 Å². The quantitative estimate of drug-likeness (QED) is 0.362. The Kier molecular flexibility index (Phi) is 8.69. The Bertz CT molecular complexity index is 1130. The smallest absolute Gasteiger partial charge is 0.230 e. The highest BCUT2D eigenvalue weighted by Gasteiger charge is 2.27. The van der Waals surface area contributed by atoms with E-state index in [1.807, 2.05) is 25.3 Å². The Morgan fingerprint density at radius 3 is 2.63 bits per heavy atom. The van der Waals surface area contributed by atoms with Gasteiger partial charge in [0.15, 0.2) is 0 Å². The van der Waals surface area contributed by atoms with E-state index < -0.39 is 0 Å². The maximum Gasteiger partial charge on any atom is 0.230 e. The van der Waals surface area contributed by atoms with Crippen molar-refractivity contribution in [2.24, 2.45) is 0 Å². The van der Waals surface area contributed by atoms with Gasteiger partial charge in [0.2, 0.25) is 5.91 Å². The maximum absolute atomic E-state index is 13.4. The number of carbonyl (C=O) groups is 2. The van der Waals surface area contributed by atoms with Crippen molar-refractivity contribution in [2.45, 2.75) is 70.3 Å². The number of hydrogen-bond donors (Lipinski definition) is 2. The molecule has 2 N–H and O–H groups in total. The molecule has 1 aliphatic heterocycles. The van der Waals surface area contributed by atoms with Crippen LogP contribution < -0.4 is 5.32 Å². The highest BCUT2D eigenvalue weighted by Crippen LogP contribution is 2.27. The van der Waals surface area contributed by atoms with E-state index in [-0.39, 0.29) is 17.9 Å². The first kappa shape index (κ1) is 25.1. The summed E-state index contributed by atoms with van der Waals surface area (Å²) in [6.07, 6.45) is 8.50. The van der Waals surface area contributed by atoms with Crippen molar-refractivity contribution in [3.05, 3.63) is 54.5 Å². The molecule has 1 unspecified atom stereocenters. The number of hydrogen-bond acceptors (Lipinski definition) is 4. The molecule has 2 heterocycles. The average Bonchev–Trinajstić information content (AvgIpc) is 3.37. The van der Waals surface area contributed by atoms with E-state index in [9.17, 15) is 9.59 Å². The van der Waals surface area contributed by atoms with Crippen LogP contribution in [0.4, 0.5) is 0 Å². The van der Waals surface area contributed by atoms with Crippen LogP contribution >= 0.6 is 0 Å². The van der Waals surface area contributed by atoms with Gasteiger partial charge in [-0.15, -0.1) is 0 Å². The summed E-state index contributed by atoms with van der Waals surface area (Å²) in [6, 6.07) is 14.9. The van der Waals surface area contributed by atoms with Gasteiger partial charge in [0.1, 0.15) is 11.6 Å². The predicted molar refractivity (Wildman–Crippen MR) is 141 cm³/mol. The van der Waals surface area contributed by atoms with E-state index in [0.717, 1.165) is 68.7 Å². The number of carbonyl (C=O) groups excluding carboxylic acids is 2. The van der Waals surface area contributed by atoms with Gasteiger partial charge in [-0.05, 0) is 62.7 Å². The van der Waals surface area contributed by atoms with Gasteiger partial charge in [-0.1, -0.05) is 56.2 Å². The van der Waals surface area contributed by atoms with Crippen molar-refractivity contribution in [3.8, 4) is 11.3 Å². The summed E-state index contributed by atoms with van der Waals surface area (Å²) in [7, 11) is 2.13. The van der Waals surface area contributed by atoms with Crippen molar-refractivity contribution < 1.29 is 9.59 Å². The molecule has 35 heavy (non-hydrogen) atoms. The molecule has 0 aliphatic carbocycles. The molecule has 6 nitrogen and oxygen atoms in total. The first-order valence-electron chi connectivity index (χ1n) is 13.1. The number of fused-ring (bicyclic) bond motifs is 1. The number of aromatic nitrogens is 2. The zero-order valence-electron chi connectivity index (χ0n) is 21.1. The van der Waals surface area contributed by atoms with Crippen LogP contribution in [0.2, 0.25) is 0 Å². The third kappa shape index (κ3) is 6.79. The van der Waals surface area contributed by atoms with E-state index in [1.54, 1.807) is 0 Å². The normalized spacial score (nSPS) is 15.8. The largest absolute Gasteiger partial charge is 0.353 e. The molecule has 1 aromatic heterocycles. The lowest BCUT2D eigenvalue weighted by Gasteiger charge is -2.30. The summed E-state index contributed by atoms with van der Waals surface area (Å²) in [6.45, 7) is 3.93. The third-order valence-corrected chi connectivity index (χ3v) is 7.21. The number of nitrogens with one attached hydrogen (secondary N) is 2. The van der Waals surface area contributed by atoms with Crippen molar-refractivity contribution in [1.29, 1.82) is 0 Å². The van der Waals surface area contributed by atoms with Gasteiger partial charge in [0, 0.05) is 24.4 Å². The zero-order valence-corrected chi connectivity index (χ0v) is 21.1. The zero-order chi connectivity index (χ0) is 24.6. The van der Waals surface area contributed by atoms with Crippen LogP contribution in [0.1, 0.15) is 70.0 Å². The van der Waals surface area contributed by atoms with Gasteiger partial charge in [0.05, 0.1) is 17.8 Å². The average molecular weight is 475 g/mol. The molecule has 0 bridgehead atoms. The summed E-state index contributed by atoms with van der Waals surface area (Å²) >= 11 is 0. The summed E-state index contributed by atoms with van der Waals surface area (Å²) < 4.78 is 0. The molecule has 0 saturated carbocycles. The van der Waals surface area contributed by atoms with Crippen LogP contribution in [0.25, 0.3) is 22.0 Å². The Labute approximate surface area is 208 Å². The molecule has 1 atom stereocenters. The molecule has 4 rings (SSSR count). The molecule has 1 aliphatic rings. The SMILES string of the molecule is CCC(=O)CCCCCC(C(=O)NC1CCN(C)CC1)c1ncc(-c2ccc3ccccc3c2)[nH]1. The number of H-pyrrole nitrogens is 1. The fraction of sp³-hybridized carbons (Fsp3) is 0.483. The minimum atomic E-state index is -0.314. The number of likely N-dealkylation sites (tertiary alicyclic amines) is 1. The molecule has 2 aromatic carbocycles. The van der Waals surface area contributed by atoms with Crippen LogP contribution in [0.15, 0.2) is 48.7 Å². The number of nitrogens with zero attached hydrogens (tertiary/aromatic N) is 2. The lowest BCUT2D eigenvalue weighted by molar-refractivity contribution is -0.124. The molecule has 3 aromatic rings. The number of rotatable bonds is 11. The lowest BCUT2D eigenvalue weighted by Crippen LogP contribution is -2.45. The number of amides is 1. The number of ketones is 1. The molecular formula is C29H38N4O2. The van der Waals surface area contributed by atoms with Gasteiger partial charge in [-0.3, -0.25) is 9.59 Å². The van der Waals surface area contributed by atoms with E-state index in [4.69, 9.17) is 0 Å². The Hall–Kier alpha value is -2.99. The van der Waals surface area contributed by atoms with Crippen molar-refractivity contribution in [2.75, 3.05) is 20.1 Å². The Morgan fingerprint density at radius 2 is 1.86 bits per heavy atom. The van der Waals surface area contributed by atoms with E-state index >= 15 is 0 Å². The summed E-state index contributed by atoms with van der Waals surface area (Å²) in [4.78, 5) is 35.4.